The summed E-state index contributed by atoms with van der Waals surface area (Å²) in [5, 5.41) is 23.0. The van der Waals surface area contributed by atoms with E-state index in [0.29, 0.717) is 37.3 Å². The number of aliphatic hydroxyl groups is 2. The predicted octanol–water partition coefficient (Wildman–Crippen LogP) is 1.56. The Hall–Kier alpha value is -2.52. The second-order valence-corrected chi connectivity index (χ2v) is 5.97. The average molecular weight is 367 g/mol. The summed E-state index contributed by atoms with van der Waals surface area (Å²) in [5.74, 6) is -0.236. The maximum atomic E-state index is 12.7. The largest absolute Gasteiger partial charge is 0.435 e. The third kappa shape index (κ3) is 4.00. The smallest absolute Gasteiger partial charge is 0.387 e. The molecule has 1 atom stereocenters. The van der Waals surface area contributed by atoms with Crippen molar-refractivity contribution < 1.29 is 28.5 Å². The number of carbonyl (C=O) groups is 1. The summed E-state index contributed by atoms with van der Waals surface area (Å²) in [6, 6.07) is 7.23. The molecule has 0 bridgehead atoms. The first kappa shape index (κ1) is 18.3. The number of benzene rings is 1. The number of hydrogen-bond donors (Lipinski definition) is 2. The quantitative estimate of drug-likeness (QED) is 0.837. The summed E-state index contributed by atoms with van der Waals surface area (Å²) in [6.07, 6.45) is -0.372. The number of aliphatic hydroxyl groups excluding tert-OH is 2. The zero-order valence-corrected chi connectivity index (χ0v) is 13.9. The number of aryl methyl sites for hydroxylation is 1. The lowest BCUT2D eigenvalue weighted by Gasteiger charge is -2.20. The summed E-state index contributed by atoms with van der Waals surface area (Å²) >= 11 is 0. The van der Waals surface area contributed by atoms with Crippen LogP contribution in [0.4, 0.5) is 8.78 Å². The molecule has 1 amide bonds. The van der Waals surface area contributed by atoms with E-state index >= 15 is 0 Å². The molecular weight excluding hydrogens is 348 g/mol. The van der Waals surface area contributed by atoms with E-state index in [1.165, 1.54) is 24.3 Å². The number of rotatable bonds is 5. The van der Waals surface area contributed by atoms with Crippen LogP contribution in [0.2, 0.25) is 0 Å². The molecule has 0 saturated carbocycles. The highest BCUT2D eigenvalue weighted by atomic mass is 19.3. The van der Waals surface area contributed by atoms with Crippen molar-refractivity contribution >= 4 is 5.91 Å². The Kier molecular flexibility index (Phi) is 5.48. The molecule has 3 rings (SSSR count). The van der Waals surface area contributed by atoms with Gasteiger partial charge in [0.05, 0.1) is 24.5 Å². The molecule has 1 aliphatic rings. The summed E-state index contributed by atoms with van der Waals surface area (Å²) in [5.41, 5.74) is 1.50. The minimum atomic E-state index is -2.91. The molecule has 0 spiro atoms. The highest BCUT2D eigenvalue weighted by molar-refractivity contribution is 5.94. The molecule has 1 aromatic heterocycles. The van der Waals surface area contributed by atoms with Crippen LogP contribution < -0.4 is 4.74 Å². The topological polar surface area (TPSA) is 87.8 Å². The fourth-order valence-electron chi connectivity index (χ4n) is 2.88. The van der Waals surface area contributed by atoms with E-state index in [1.807, 2.05) is 0 Å². The molecule has 140 valence electrons. The van der Waals surface area contributed by atoms with Crippen LogP contribution in [0.15, 0.2) is 30.3 Å². The number of halogens is 2. The van der Waals surface area contributed by atoms with Crippen LogP contribution in [0.3, 0.4) is 0 Å². The van der Waals surface area contributed by atoms with Gasteiger partial charge in [-0.25, -0.2) is 0 Å². The van der Waals surface area contributed by atoms with E-state index in [9.17, 15) is 18.7 Å². The highest BCUT2D eigenvalue weighted by Crippen LogP contribution is 2.21. The highest BCUT2D eigenvalue weighted by Gasteiger charge is 2.23. The first-order valence-corrected chi connectivity index (χ1v) is 8.17. The Morgan fingerprint density at radius 1 is 1.27 bits per heavy atom. The van der Waals surface area contributed by atoms with Gasteiger partial charge in [0.25, 0.3) is 5.91 Å². The van der Waals surface area contributed by atoms with Gasteiger partial charge in [-0.05, 0) is 36.8 Å². The fraction of sp³-hybridized carbons (Fsp3) is 0.412. The van der Waals surface area contributed by atoms with Crippen LogP contribution in [0.25, 0.3) is 0 Å². The Morgan fingerprint density at radius 2 is 2.00 bits per heavy atom. The lowest BCUT2D eigenvalue weighted by molar-refractivity contribution is -0.0498. The molecule has 2 aromatic rings. The molecule has 9 heteroatoms. The van der Waals surface area contributed by atoms with Crippen molar-refractivity contribution in [2.75, 3.05) is 13.2 Å². The van der Waals surface area contributed by atoms with E-state index < -0.39 is 19.3 Å². The Morgan fingerprint density at radius 3 is 2.65 bits per heavy atom. The molecule has 0 radical (unpaired) electrons. The number of nitrogens with zero attached hydrogens (tertiary/aromatic N) is 3. The van der Waals surface area contributed by atoms with Crippen molar-refractivity contribution in [3.8, 4) is 5.75 Å². The van der Waals surface area contributed by atoms with Crippen LogP contribution in [0.1, 0.15) is 34.3 Å². The average Bonchev–Trinajstić information content (AvgIpc) is 2.92. The molecular formula is C17H19F2N3O4. The van der Waals surface area contributed by atoms with Gasteiger partial charge in [-0.15, -0.1) is 0 Å². The molecule has 7 nitrogen and oxygen atoms in total. The Balaban J connectivity index is 1.74. The van der Waals surface area contributed by atoms with E-state index in [-0.39, 0.29) is 11.7 Å². The number of amides is 1. The van der Waals surface area contributed by atoms with Crippen molar-refractivity contribution in [3.05, 3.63) is 47.3 Å². The zero-order valence-electron chi connectivity index (χ0n) is 13.9. The monoisotopic (exact) mass is 367 g/mol. The molecule has 2 heterocycles. The third-order valence-electron chi connectivity index (χ3n) is 4.16. The molecule has 0 saturated heterocycles. The molecule has 1 aromatic carbocycles. The molecule has 0 unspecified atom stereocenters. The van der Waals surface area contributed by atoms with Crippen LogP contribution in [-0.2, 0) is 13.1 Å². The second-order valence-electron chi connectivity index (χ2n) is 5.97. The summed E-state index contributed by atoms with van der Waals surface area (Å²) in [7, 11) is 0. The van der Waals surface area contributed by atoms with E-state index in [2.05, 4.69) is 9.84 Å². The fourth-order valence-corrected chi connectivity index (χ4v) is 2.88. The summed E-state index contributed by atoms with van der Waals surface area (Å²) in [6.45, 7) is -1.91. The normalized spacial score (nSPS) is 15.5. The lowest BCUT2D eigenvalue weighted by Crippen LogP contribution is -2.30. The number of aromatic nitrogens is 2. The van der Waals surface area contributed by atoms with Crippen molar-refractivity contribution in [1.82, 2.24) is 14.7 Å². The van der Waals surface area contributed by atoms with Gasteiger partial charge in [-0.1, -0.05) is 0 Å². The van der Waals surface area contributed by atoms with Gasteiger partial charge in [0.2, 0.25) is 0 Å². The third-order valence-corrected chi connectivity index (χ3v) is 4.16. The summed E-state index contributed by atoms with van der Waals surface area (Å²) < 4.78 is 30.4. The van der Waals surface area contributed by atoms with Gasteiger partial charge < -0.3 is 19.8 Å². The Labute approximate surface area is 148 Å². The molecule has 2 N–H and O–H groups in total. The predicted molar refractivity (Wildman–Crippen MR) is 86.7 cm³/mol. The zero-order chi connectivity index (χ0) is 18.7. The number of ether oxygens (including phenoxy) is 1. The standard InChI is InChI=1S/C17H19F2N3O4/c18-17(19)26-13-4-2-11(3-5-13)16(25)21-6-1-7-22-12(9-21)8-14(20-22)15(24)10-23/h2-5,8,15,17,23-24H,1,6-7,9-10H2/t15-/m1/s1. The van der Waals surface area contributed by atoms with Gasteiger partial charge in [-0.2, -0.15) is 13.9 Å². The molecule has 0 aliphatic carbocycles. The molecule has 1 aliphatic heterocycles. The maximum Gasteiger partial charge on any atom is 0.387 e. The van der Waals surface area contributed by atoms with Crippen LogP contribution >= 0.6 is 0 Å². The molecule has 0 fully saturated rings. The van der Waals surface area contributed by atoms with Crippen LogP contribution in [-0.4, -0.2) is 50.6 Å². The van der Waals surface area contributed by atoms with Crippen LogP contribution in [0, 0.1) is 0 Å². The van der Waals surface area contributed by atoms with E-state index in [1.54, 1.807) is 15.6 Å². The second kappa shape index (κ2) is 7.79. The van der Waals surface area contributed by atoms with Crippen molar-refractivity contribution in [1.29, 1.82) is 0 Å². The number of alkyl halides is 2. The number of carbonyl (C=O) groups excluding carboxylic acids is 1. The van der Waals surface area contributed by atoms with Gasteiger partial charge in [0, 0.05) is 18.7 Å². The van der Waals surface area contributed by atoms with Crippen molar-refractivity contribution in [2.24, 2.45) is 0 Å². The van der Waals surface area contributed by atoms with Crippen molar-refractivity contribution in [2.45, 2.75) is 32.2 Å². The number of fused-ring (bicyclic) bond motifs is 1. The van der Waals surface area contributed by atoms with Gasteiger partial charge in [0.1, 0.15) is 11.9 Å². The number of hydrogen-bond acceptors (Lipinski definition) is 5. The van der Waals surface area contributed by atoms with Crippen LogP contribution in [0.5, 0.6) is 5.75 Å². The Bertz CT molecular complexity index is 764. The van der Waals surface area contributed by atoms with E-state index in [4.69, 9.17) is 5.11 Å². The first-order chi connectivity index (χ1) is 12.5. The maximum absolute atomic E-state index is 12.7. The molecule has 26 heavy (non-hydrogen) atoms. The first-order valence-electron chi connectivity index (χ1n) is 8.17. The van der Waals surface area contributed by atoms with Gasteiger partial charge in [0.15, 0.2) is 0 Å². The van der Waals surface area contributed by atoms with Crippen molar-refractivity contribution in [3.63, 3.8) is 0 Å². The minimum Gasteiger partial charge on any atom is -0.435 e. The lowest BCUT2D eigenvalue weighted by atomic mass is 10.1. The summed E-state index contributed by atoms with van der Waals surface area (Å²) in [4.78, 5) is 14.3. The minimum absolute atomic E-state index is 0.00637. The van der Waals surface area contributed by atoms with E-state index in [0.717, 1.165) is 5.69 Å². The van der Waals surface area contributed by atoms with Gasteiger partial charge in [-0.3, -0.25) is 9.48 Å². The van der Waals surface area contributed by atoms with Gasteiger partial charge >= 0.3 is 6.61 Å². The SMILES string of the molecule is O=C(c1ccc(OC(F)F)cc1)N1CCCn2nc([C@H](O)CO)cc2C1.